The van der Waals surface area contributed by atoms with Gasteiger partial charge in [0.05, 0.1) is 18.1 Å². The zero-order valence-corrected chi connectivity index (χ0v) is 9.22. The Morgan fingerprint density at radius 3 is 3.00 bits per heavy atom. The van der Waals surface area contributed by atoms with Crippen molar-refractivity contribution in [2.24, 2.45) is 0 Å². The van der Waals surface area contributed by atoms with E-state index in [1.54, 1.807) is 6.20 Å². The van der Waals surface area contributed by atoms with E-state index in [0.717, 1.165) is 29.8 Å². The van der Waals surface area contributed by atoms with Crippen molar-refractivity contribution in [1.29, 1.82) is 0 Å². The second-order valence-corrected chi connectivity index (χ2v) is 3.69. The molecule has 14 heavy (non-hydrogen) atoms. The zero-order chi connectivity index (χ0) is 9.97. The molecule has 0 aliphatic rings. The van der Waals surface area contributed by atoms with Gasteiger partial charge in [0, 0.05) is 18.9 Å². The van der Waals surface area contributed by atoms with Crippen LogP contribution in [0.25, 0.3) is 0 Å². The quantitative estimate of drug-likeness (QED) is 0.807. The fraction of sp³-hybridized carbons (Fsp3) is 0.375. The van der Waals surface area contributed by atoms with Crippen LogP contribution in [-0.4, -0.2) is 18.3 Å². The fourth-order valence-electron chi connectivity index (χ4n) is 1.25. The van der Waals surface area contributed by atoms with Gasteiger partial charge in [-0.05, 0) is 6.92 Å². The minimum atomic E-state index is 0.487. The lowest BCUT2D eigenvalue weighted by molar-refractivity contribution is 0.710. The summed E-state index contributed by atoms with van der Waals surface area (Å²) in [7, 11) is 0. The van der Waals surface area contributed by atoms with Gasteiger partial charge in [-0.25, -0.2) is 4.98 Å². The van der Waals surface area contributed by atoms with Crippen LogP contribution in [0, 0.1) is 0 Å². The van der Waals surface area contributed by atoms with Crippen molar-refractivity contribution in [3.05, 3.63) is 29.1 Å². The van der Waals surface area contributed by atoms with Crippen LogP contribution < -0.4 is 0 Å². The van der Waals surface area contributed by atoms with E-state index in [1.165, 1.54) is 0 Å². The molecule has 4 nitrogen and oxygen atoms in total. The minimum Gasteiger partial charge on any atom is -0.335 e. The number of aryl methyl sites for hydroxylation is 1. The molecule has 6 heteroatoms. The Balaban J connectivity index is 2.22. The molecule has 2 aromatic rings. The van der Waals surface area contributed by atoms with E-state index < -0.39 is 0 Å². The maximum Gasteiger partial charge on any atom is 0.166 e. The summed E-state index contributed by atoms with van der Waals surface area (Å²) < 4.78 is 10.1. The van der Waals surface area contributed by atoms with E-state index in [-0.39, 0.29) is 0 Å². The number of aromatic nitrogens is 4. The molecule has 0 spiro atoms. The van der Waals surface area contributed by atoms with Gasteiger partial charge in [0.2, 0.25) is 0 Å². The van der Waals surface area contributed by atoms with Gasteiger partial charge in [0.15, 0.2) is 5.15 Å². The fourth-order valence-corrected chi connectivity index (χ4v) is 1.97. The second-order valence-electron chi connectivity index (χ2n) is 2.81. The van der Waals surface area contributed by atoms with Gasteiger partial charge in [0.25, 0.3) is 0 Å². The van der Waals surface area contributed by atoms with Gasteiger partial charge in [-0.3, -0.25) is 0 Å². The van der Waals surface area contributed by atoms with Crippen molar-refractivity contribution in [3.63, 3.8) is 0 Å². The Morgan fingerprint density at radius 1 is 1.50 bits per heavy atom. The van der Waals surface area contributed by atoms with E-state index >= 15 is 0 Å². The first-order valence-electron chi connectivity index (χ1n) is 4.28. The van der Waals surface area contributed by atoms with Crippen LogP contribution in [0.5, 0.6) is 0 Å². The summed E-state index contributed by atoms with van der Waals surface area (Å²) >= 11 is 6.98. The van der Waals surface area contributed by atoms with Crippen molar-refractivity contribution in [2.45, 2.75) is 19.9 Å². The maximum atomic E-state index is 5.85. The molecule has 2 rings (SSSR count). The Hall–Kier alpha value is -0.940. The zero-order valence-electron chi connectivity index (χ0n) is 7.64. The van der Waals surface area contributed by atoms with E-state index in [9.17, 15) is 0 Å². The minimum absolute atomic E-state index is 0.487. The van der Waals surface area contributed by atoms with Crippen LogP contribution in [0.4, 0.5) is 0 Å². The van der Waals surface area contributed by atoms with E-state index in [2.05, 4.69) is 25.2 Å². The third-order valence-electron chi connectivity index (χ3n) is 1.98. The maximum absolute atomic E-state index is 5.85. The number of hydrogen-bond donors (Lipinski definition) is 0. The van der Waals surface area contributed by atoms with Crippen LogP contribution in [-0.2, 0) is 13.0 Å². The lowest BCUT2D eigenvalue weighted by Gasteiger charge is -2.01. The summed E-state index contributed by atoms with van der Waals surface area (Å²) in [6, 6.07) is 0. The molecule has 0 bridgehead atoms. The predicted molar refractivity (Wildman–Crippen MR) is 55.6 cm³/mol. The van der Waals surface area contributed by atoms with Gasteiger partial charge in [-0.15, -0.1) is 0 Å². The highest BCUT2D eigenvalue weighted by atomic mass is 35.5. The third-order valence-corrected chi connectivity index (χ3v) is 2.95. The van der Waals surface area contributed by atoms with Gasteiger partial charge < -0.3 is 4.57 Å². The van der Waals surface area contributed by atoms with Crippen LogP contribution in [0.1, 0.15) is 18.4 Å². The summed E-state index contributed by atoms with van der Waals surface area (Å²) in [5, 5.41) is 0.487. The van der Waals surface area contributed by atoms with E-state index in [4.69, 9.17) is 11.6 Å². The first-order valence-corrected chi connectivity index (χ1v) is 5.39. The summed E-state index contributed by atoms with van der Waals surface area (Å²) in [5.41, 5.74) is 0.803. The molecule has 0 aliphatic carbocycles. The largest absolute Gasteiger partial charge is 0.335 e. The number of imidazole rings is 1. The highest BCUT2D eigenvalue weighted by Gasteiger charge is 2.09. The molecule has 0 amide bonds. The van der Waals surface area contributed by atoms with Crippen LogP contribution in [0.15, 0.2) is 12.4 Å². The molecule has 0 aliphatic heterocycles. The standard InChI is InChI=1S/C8H9ClN4S/c1-2-13-4-3-10-7(13)5-6-8(9)12-14-11-6/h3-4H,2,5H2,1H3. The second kappa shape index (κ2) is 4.06. The molecule has 74 valence electrons. The molecule has 0 atom stereocenters. The normalized spacial score (nSPS) is 10.7. The highest BCUT2D eigenvalue weighted by Crippen LogP contribution is 2.15. The molecular formula is C8H9ClN4S. The summed E-state index contributed by atoms with van der Waals surface area (Å²) in [5.74, 6) is 0.974. The Bertz CT molecular complexity index is 422. The third kappa shape index (κ3) is 1.78. The van der Waals surface area contributed by atoms with Gasteiger partial charge in [-0.1, -0.05) is 11.6 Å². The van der Waals surface area contributed by atoms with Crippen molar-refractivity contribution in [2.75, 3.05) is 0 Å². The molecule has 0 N–H and O–H groups in total. The number of rotatable bonds is 3. The first kappa shape index (κ1) is 9.61. The van der Waals surface area contributed by atoms with E-state index in [0.29, 0.717) is 11.6 Å². The topological polar surface area (TPSA) is 43.6 Å². The molecule has 0 saturated carbocycles. The average molecular weight is 229 g/mol. The van der Waals surface area contributed by atoms with Crippen molar-refractivity contribution >= 4 is 23.3 Å². The van der Waals surface area contributed by atoms with Gasteiger partial charge >= 0.3 is 0 Å². The molecule has 0 fully saturated rings. The molecule has 0 saturated heterocycles. The van der Waals surface area contributed by atoms with Crippen LogP contribution >= 0.6 is 23.3 Å². The molecular weight excluding hydrogens is 220 g/mol. The highest BCUT2D eigenvalue weighted by molar-refractivity contribution is 6.99. The Kier molecular flexibility index (Phi) is 2.79. The Labute approximate surface area is 90.9 Å². The van der Waals surface area contributed by atoms with Crippen molar-refractivity contribution in [1.82, 2.24) is 18.3 Å². The van der Waals surface area contributed by atoms with Gasteiger partial charge in [-0.2, -0.15) is 8.75 Å². The summed E-state index contributed by atoms with van der Waals surface area (Å²) in [6.07, 6.45) is 4.38. The van der Waals surface area contributed by atoms with Gasteiger partial charge in [0.1, 0.15) is 11.5 Å². The lowest BCUT2D eigenvalue weighted by atomic mass is 10.3. The average Bonchev–Trinajstić information content (AvgIpc) is 2.77. The first-order chi connectivity index (χ1) is 6.81. The van der Waals surface area contributed by atoms with Crippen molar-refractivity contribution < 1.29 is 0 Å². The Morgan fingerprint density at radius 2 is 2.36 bits per heavy atom. The van der Waals surface area contributed by atoms with Crippen LogP contribution in [0.2, 0.25) is 5.15 Å². The lowest BCUT2D eigenvalue weighted by Crippen LogP contribution is -2.02. The smallest absolute Gasteiger partial charge is 0.166 e. The number of hydrogen-bond acceptors (Lipinski definition) is 4. The van der Waals surface area contributed by atoms with E-state index in [1.807, 2.05) is 6.20 Å². The van der Waals surface area contributed by atoms with Crippen LogP contribution in [0.3, 0.4) is 0 Å². The summed E-state index contributed by atoms with van der Waals surface area (Å²) in [4.78, 5) is 4.24. The van der Waals surface area contributed by atoms with Crippen molar-refractivity contribution in [3.8, 4) is 0 Å². The molecule has 2 aromatic heterocycles. The molecule has 2 heterocycles. The number of nitrogens with zero attached hydrogens (tertiary/aromatic N) is 4. The predicted octanol–water partition coefficient (Wildman–Crippen LogP) is 2.00. The molecule has 0 unspecified atom stereocenters. The monoisotopic (exact) mass is 228 g/mol. The summed E-state index contributed by atoms with van der Waals surface area (Å²) in [6.45, 7) is 2.98. The SMILES string of the molecule is CCn1ccnc1Cc1nsnc1Cl. The molecule has 0 aromatic carbocycles. The number of halogens is 1. The molecule has 0 radical (unpaired) electrons.